The largest absolute Gasteiger partial charge is 0.480 e. The molecule has 0 spiro atoms. The van der Waals surface area contributed by atoms with Crippen LogP contribution in [0.5, 0.6) is 0 Å². The third-order valence-electron chi connectivity index (χ3n) is 5.48. The summed E-state index contributed by atoms with van der Waals surface area (Å²) in [4.78, 5) is 49.0. The van der Waals surface area contributed by atoms with E-state index in [0.29, 0.717) is 41.5 Å². The number of hydrogen-bond donors (Lipinski definition) is 2. The Kier molecular flexibility index (Phi) is 7.13. The maximum absolute atomic E-state index is 12.7. The summed E-state index contributed by atoms with van der Waals surface area (Å²) in [6, 6.07) is 14.9. The highest BCUT2D eigenvalue weighted by molar-refractivity contribution is 6.26. The van der Waals surface area contributed by atoms with Crippen LogP contribution in [0.15, 0.2) is 65.7 Å². The van der Waals surface area contributed by atoms with Gasteiger partial charge in [-0.05, 0) is 31.7 Å². The minimum atomic E-state index is -1.08. The molecule has 1 atom stereocenters. The van der Waals surface area contributed by atoms with Gasteiger partial charge in [-0.2, -0.15) is 0 Å². The van der Waals surface area contributed by atoms with Crippen LogP contribution in [0.25, 0.3) is 0 Å². The van der Waals surface area contributed by atoms with Gasteiger partial charge in [0.1, 0.15) is 6.04 Å². The maximum Gasteiger partial charge on any atom is 0.326 e. The first-order chi connectivity index (χ1) is 14.9. The van der Waals surface area contributed by atoms with E-state index in [1.807, 2.05) is 30.3 Å². The molecule has 1 aliphatic rings. The second-order valence-corrected chi connectivity index (χ2v) is 7.66. The molecule has 6 heteroatoms. The minimum Gasteiger partial charge on any atom is -0.480 e. The highest BCUT2D eigenvalue weighted by Crippen LogP contribution is 2.29. The summed E-state index contributed by atoms with van der Waals surface area (Å²) in [6.07, 6.45) is 1.82. The number of benzene rings is 2. The molecule has 0 saturated heterocycles. The van der Waals surface area contributed by atoms with E-state index in [1.165, 1.54) is 0 Å². The Hall–Kier alpha value is -3.54. The van der Waals surface area contributed by atoms with Crippen molar-refractivity contribution < 1.29 is 24.3 Å². The molecule has 1 amide bonds. The first-order valence-electron chi connectivity index (χ1n) is 10.3. The van der Waals surface area contributed by atoms with Gasteiger partial charge in [-0.25, -0.2) is 4.79 Å². The number of unbranched alkanes of at least 4 members (excludes halogenated alkanes) is 1. The molecule has 0 radical (unpaired) electrons. The number of Topliss-reactive ketones (excluding diaryl/α,β-unsaturated/α-hetero) is 2. The number of aliphatic carboxylic acids is 1. The number of carboxylic acids is 1. The smallest absolute Gasteiger partial charge is 0.326 e. The van der Waals surface area contributed by atoms with Gasteiger partial charge in [-0.3, -0.25) is 14.4 Å². The fourth-order valence-corrected chi connectivity index (χ4v) is 3.76. The molecule has 6 nitrogen and oxygen atoms in total. The van der Waals surface area contributed by atoms with E-state index >= 15 is 0 Å². The quantitative estimate of drug-likeness (QED) is 0.603. The zero-order valence-electron chi connectivity index (χ0n) is 17.4. The van der Waals surface area contributed by atoms with Crippen molar-refractivity contribution in [3.63, 3.8) is 0 Å². The molecule has 1 aliphatic carbocycles. The number of ketones is 2. The molecule has 3 rings (SSSR count). The van der Waals surface area contributed by atoms with Crippen molar-refractivity contribution in [1.82, 2.24) is 5.32 Å². The number of fused-ring (bicyclic) bond motifs is 1. The van der Waals surface area contributed by atoms with Gasteiger partial charge in [0, 0.05) is 35.1 Å². The van der Waals surface area contributed by atoms with E-state index in [2.05, 4.69) is 5.32 Å². The van der Waals surface area contributed by atoms with Crippen molar-refractivity contribution in [2.24, 2.45) is 0 Å². The van der Waals surface area contributed by atoms with Crippen LogP contribution in [0.1, 0.15) is 58.9 Å². The van der Waals surface area contributed by atoms with Gasteiger partial charge in [0.05, 0.1) is 0 Å². The topological polar surface area (TPSA) is 101 Å². The SMILES string of the molecule is CC1=C(CCCCC(=O)N[C@@H](Cc2ccccc2)C(=O)O)C(=O)c2ccccc2C1=O. The average molecular weight is 419 g/mol. The van der Waals surface area contributed by atoms with Crippen LogP contribution in [0.4, 0.5) is 0 Å². The zero-order chi connectivity index (χ0) is 22.4. The van der Waals surface area contributed by atoms with Crippen molar-refractivity contribution in [2.45, 2.75) is 45.1 Å². The Morgan fingerprint density at radius 1 is 0.903 bits per heavy atom. The number of rotatable bonds is 9. The van der Waals surface area contributed by atoms with Crippen LogP contribution in [-0.2, 0) is 16.0 Å². The van der Waals surface area contributed by atoms with E-state index in [1.54, 1.807) is 31.2 Å². The van der Waals surface area contributed by atoms with Crippen LogP contribution in [-0.4, -0.2) is 34.6 Å². The van der Waals surface area contributed by atoms with Crippen molar-refractivity contribution in [1.29, 1.82) is 0 Å². The monoisotopic (exact) mass is 419 g/mol. The number of hydrogen-bond acceptors (Lipinski definition) is 4. The second kappa shape index (κ2) is 9.98. The molecule has 160 valence electrons. The van der Waals surface area contributed by atoms with Crippen LogP contribution in [0.3, 0.4) is 0 Å². The lowest BCUT2D eigenvalue weighted by Gasteiger charge is -2.19. The molecule has 0 fully saturated rings. The zero-order valence-corrected chi connectivity index (χ0v) is 17.4. The molecule has 2 aromatic carbocycles. The van der Waals surface area contributed by atoms with Crippen LogP contribution in [0, 0.1) is 0 Å². The Bertz CT molecular complexity index is 1040. The Labute approximate surface area is 181 Å². The van der Waals surface area contributed by atoms with Crippen molar-refractivity contribution in [3.05, 3.63) is 82.4 Å². The molecule has 0 unspecified atom stereocenters. The molecule has 31 heavy (non-hydrogen) atoms. The molecular formula is C25H25NO5. The standard InChI is InChI=1S/C25H25NO5/c1-16-18(24(29)20-13-6-5-12-19(20)23(16)28)11-7-8-14-22(27)26-21(25(30)31)15-17-9-3-2-4-10-17/h2-6,9-10,12-13,21H,7-8,11,14-15H2,1H3,(H,26,27)(H,30,31)/t21-/m0/s1. The average Bonchev–Trinajstić information content (AvgIpc) is 2.77. The van der Waals surface area contributed by atoms with E-state index in [-0.39, 0.29) is 30.3 Å². The highest BCUT2D eigenvalue weighted by atomic mass is 16.4. The lowest BCUT2D eigenvalue weighted by molar-refractivity contribution is -0.141. The molecule has 0 saturated carbocycles. The second-order valence-electron chi connectivity index (χ2n) is 7.66. The van der Waals surface area contributed by atoms with Gasteiger partial charge in [0.2, 0.25) is 5.91 Å². The van der Waals surface area contributed by atoms with E-state index in [0.717, 1.165) is 5.56 Å². The fourth-order valence-electron chi connectivity index (χ4n) is 3.76. The summed E-state index contributed by atoms with van der Waals surface area (Å²) in [5.41, 5.74) is 2.65. The summed E-state index contributed by atoms with van der Waals surface area (Å²) >= 11 is 0. The first kappa shape index (κ1) is 22.2. The van der Waals surface area contributed by atoms with Crippen molar-refractivity contribution >= 4 is 23.4 Å². The fraction of sp³-hybridized carbons (Fsp3) is 0.280. The first-order valence-corrected chi connectivity index (χ1v) is 10.3. The Balaban J connectivity index is 1.51. The molecule has 2 N–H and O–H groups in total. The van der Waals surface area contributed by atoms with Crippen LogP contribution < -0.4 is 5.32 Å². The maximum atomic E-state index is 12.7. The summed E-state index contributed by atoms with van der Waals surface area (Å²) in [6.45, 7) is 1.67. The molecular weight excluding hydrogens is 394 g/mol. The summed E-state index contributed by atoms with van der Waals surface area (Å²) < 4.78 is 0. The van der Waals surface area contributed by atoms with Gasteiger partial charge < -0.3 is 10.4 Å². The Morgan fingerprint density at radius 2 is 1.52 bits per heavy atom. The Morgan fingerprint density at radius 3 is 2.16 bits per heavy atom. The lowest BCUT2D eigenvalue weighted by Crippen LogP contribution is -2.42. The normalized spacial score (nSPS) is 14.2. The van der Waals surface area contributed by atoms with E-state index in [9.17, 15) is 24.3 Å². The number of amides is 1. The third kappa shape index (κ3) is 5.34. The molecule has 2 aromatic rings. The number of carbonyl (C=O) groups excluding carboxylic acids is 3. The van der Waals surface area contributed by atoms with Gasteiger partial charge in [-0.1, -0.05) is 54.6 Å². The number of allylic oxidation sites excluding steroid dienone is 2. The van der Waals surface area contributed by atoms with Crippen LogP contribution >= 0.6 is 0 Å². The predicted octanol–water partition coefficient (Wildman–Crippen LogP) is 3.75. The predicted molar refractivity (Wildman–Crippen MR) is 116 cm³/mol. The van der Waals surface area contributed by atoms with Gasteiger partial charge in [0.15, 0.2) is 11.6 Å². The molecule has 0 aliphatic heterocycles. The summed E-state index contributed by atoms with van der Waals surface area (Å²) in [5.74, 6) is -1.69. The highest BCUT2D eigenvalue weighted by Gasteiger charge is 2.29. The summed E-state index contributed by atoms with van der Waals surface area (Å²) in [5, 5.41) is 12.0. The number of carbonyl (C=O) groups is 4. The third-order valence-corrected chi connectivity index (χ3v) is 5.48. The van der Waals surface area contributed by atoms with Crippen LogP contribution in [0.2, 0.25) is 0 Å². The van der Waals surface area contributed by atoms with Gasteiger partial charge in [-0.15, -0.1) is 0 Å². The molecule has 0 aromatic heterocycles. The van der Waals surface area contributed by atoms with Crippen molar-refractivity contribution in [2.75, 3.05) is 0 Å². The van der Waals surface area contributed by atoms with Crippen molar-refractivity contribution in [3.8, 4) is 0 Å². The molecule has 0 heterocycles. The van der Waals surface area contributed by atoms with Gasteiger partial charge >= 0.3 is 5.97 Å². The van der Waals surface area contributed by atoms with Gasteiger partial charge in [0.25, 0.3) is 0 Å². The molecule has 0 bridgehead atoms. The lowest BCUT2D eigenvalue weighted by atomic mass is 9.83. The minimum absolute atomic E-state index is 0.131. The number of nitrogens with one attached hydrogen (secondary N) is 1. The summed E-state index contributed by atoms with van der Waals surface area (Å²) in [7, 11) is 0. The van der Waals surface area contributed by atoms with E-state index < -0.39 is 12.0 Å². The number of carboxylic acid groups (broad SMARTS) is 1. The van der Waals surface area contributed by atoms with E-state index in [4.69, 9.17) is 0 Å².